The van der Waals surface area contributed by atoms with Crippen molar-refractivity contribution in [2.24, 2.45) is 52.3 Å². The maximum absolute atomic E-state index is 14.7. The highest BCUT2D eigenvalue weighted by molar-refractivity contribution is 5.84. The number of aliphatic hydroxyl groups excluding tert-OH is 5. The Morgan fingerprint density at radius 3 is 2.13 bits per heavy atom. The predicted molar refractivity (Wildman–Crippen MR) is 243 cm³/mol. The number of ether oxygens (including phenoxy) is 8. The van der Waals surface area contributed by atoms with Crippen LogP contribution in [0.3, 0.4) is 0 Å². The second kappa shape index (κ2) is 20.2. The molecule has 2 unspecified atom stereocenters. The molecule has 2 amide bonds. The summed E-state index contributed by atoms with van der Waals surface area (Å²) in [5.74, 6) is 2.45. The van der Waals surface area contributed by atoms with Crippen molar-refractivity contribution in [2.45, 2.75) is 178 Å². The molecular formula is C51H72N2O18. The molecular weight excluding hydrogens is 929 g/mol. The molecule has 2 aromatic heterocycles. The second-order valence-electron chi connectivity index (χ2n) is 22.3. The summed E-state index contributed by atoms with van der Waals surface area (Å²) in [4.78, 5) is 40.2. The van der Waals surface area contributed by atoms with E-state index < -0.39 is 92.6 Å². The molecule has 20 heteroatoms. The van der Waals surface area contributed by atoms with Crippen LogP contribution in [0.5, 0.6) is 0 Å². The Hall–Kier alpha value is -3.67. The number of rotatable bonds is 12. The minimum absolute atomic E-state index is 0.00902. The van der Waals surface area contributed by atoms with Gasteiger partial charge >= 0.3 is 12.2 Å². The van der Waals surface area contributed by atoms with Crippen molar-refractivity contribution in [2.75, 3.05) is 19.8 Å². The van der Waals surface area contributed by atoms with Crippen LogP contribution in [0.1, 0.15) is 97.0 Å². The summed E-state index contributed by atoms with van der Waals surface area (Å²) in [6, 6.07) is 6.54. The lowest BCUT2D eigenvalue weighted by atomic mass is 9.44. The van der Waals surface area contributed by atoms with Crippen molar-refractivity contribution in [3.63, 3.8) is 0 Å². The molecule has 4 aliphatic carbocycles. The van der Waals surface area contributed by atoms with Crippen LogP contribution in [0.2, 0.25) is 0 Å². The molecule has 10 rings (SSSR count). The molecule has 1 spiro atoms. The molecule has 20 nitrogen and oxygen atoms in total. The third-order valence-electron chi connectivity index (χ3n) is 18.2. The van der Waals surface area contributed by atoms with Crippen molar-refractivity contribution in [1.29, 1.82) is 0 Å². The van der Waals surface area contributed by atoms with Gasteiger partial charge in [-0.2, -0.15) is 0 Å². The molecule has 7 N–H and O–H groups in total. The molecule has 71 heavy (non-hydrogen) atoms. The predicted octanol–water partition coefficient (Wildman–Crippen LogP) is 3.68. The Bertz CT molecular complexity index is 2150. The first-order valence-corrected chi connectivity index (χ1v) is 25.7. The van der Waals surface area contributed by atoms with Crippen LogP contribution < -0.4 is 10.6 Å². The number of fused-ring (bicyclic) bond motifs is 7. The Balaban J connectivity index is 0.761. The number of hydrogen-bond donors (Lipinski definition) is 7. The van der Waals surface area contributed by atoms with E-state index in [9.17, 15) is 39.9 Å². The minimum Gasteiger partial charge on any atom is -0.467 e. The van der Waals surface area contributed by atoms with E-state index in [0.717, 1.165) is 38.5 Å². The lowest BCUT2D eigenvalue weighted by molar-refractivity contribution is -0.363. The van der Waals surface area contributed by atoms with Crippen molar-refractivity contribution in [1.82, 2.24) is 10.6 Å². The number of hydrogen-bond acceptors (Lipinski definition) is 18. The highest BCUT2D eigenvalue weighted by Crippen LogP contribution is 2.70. The zero-order valence-electron chi connectivity index (χ0n) is 40.9. The molecule has 0 radical (unpaired) electrons. The van der Waals surface area contributed by atoms with E-state index in [2.05, 4.69) is 38.3 Å². The summed E-state index contributed by atoms with van der Waals surface area (Å²) in [5, 5.41) is 61.3. The van der Waals surface area contributed by atoms with Crippen molar-refractivity contribution < 1.29 is 86.6 Å². The molecule has 8 fully saturated rings. The fourth-order valence-corrected chi connectivity index (χ4v) is 14.7. The number of carbonyl (C=O) groups is 3. The molecule has 4 saturated carbocycles. The highest BCUT2D eigenvalue weighted by atomic mass is 16.8. The second-order valence-corrected chi connectivity index (χ2v) is 22.3. The molecule has 0 aromatic carbocycles. The number of ketones is 1. The third-order valence-corrected chi connectivity index (χ3v) is 18.2. The summed E-state index contributed by atoms with van der Waals surface area (Å²) in [6.07, 6.45) is -8.34. The number of Topliss-reactive ketones (excluding diaryl/α,β-unsaturated/α-hetero) is 1. The first kappa shape index (κ1) is 50.8. The molecule has 4 aliphatic heterocycles. The van der Waals surface area contributed by atoms with Gasteiger partial charge in [0.25, 0.3) is 0 Å². The van der Waals surface area contributed by atoms with Gasteiger partial charge in [0.2, 0.25) is 0 Å². The van der Waals surface area contributed by atoms with Crippen LogP contribution in [0.15, 0.2) is 45.6 Å². The van der Waals surface area contributed by atoms with Gasteiger partial charge in [0.1, 0.15) is 66.6 Å². The summed E-state index contributed by atoms with van der Waals surface area (Å²) in [7, 11) is 0. The molecule has 6 heterocycles. The highest BCUT2D eigenvalue weighted by Gasteiger charge is 2.71. The molecule has 8 aliphatic rings. The van der Waals surface area contributed by atoms with Gasteiger partial charge in [0, 0.05) is 24.7 Å². The van der Waals surface area contributed by atoms with Crippen molar-refractivity contribution in [3.8, 4) is 0 Å². The summed E-state index contributed by atoms with van der Waals surface area (Å²) in [6.45, 7) is 8.46. The van der Waals surface area contributed by atoms with Crippen LogP contribution in [-0.4, -0.2) is 143 Å². The van der Waals surface area contributed by atoms with E-state index in [4.69, 9.17) is 46.7 Å². The number of nitrogens with one attached hydrogen (secondary N) is 2. The van der Waals surface area contributed by atoms with Crippen LogP contribution in [0, 0.1) is 52.3 Å². The SMILES string of the molecule is C[C@@H]1CC[C@@]2(OC1)OC1C[C@H]3[C@@H]4CC[C@H]5C[C@@H](O[C@@H]6O[C@H](CO)[C@@H](O[C@@H]7O[C@H](COC(=O)NCc8ccco8)[C@@H](OC(=O)NCc8ccco8)[C@H](O)[C@H]7O)[C@H](O)[C@H]6O)CC[C@]5(C)[C@H]4C(=O)C[C@]3(C)C1[C@@H]2C. The average Bonchev–Trinajstić information content (AvgIpc) is 4.17. The summed E-state index contributed by atoms with van der Waals surface area (Å²) < 4.78 is 59.2. The average molecular weight is 1000 g/mol. The Labute approximate surface area is 412 Å². The van der Waals surface area contributed by atoms with Gasteiger partial charge in [0.15, 0.2) is 24.5 Å². The van der Waals surface area contributed by atoms with E-state index >= 15 is 0 Å². The van der Waals surface area contributed by atoms with Crippen LogP contribution in [0.4, 0.5) is 9.59 Å². The van der Waals surface area contributed by atoms with Gasteiger partial charge in [-0.3, -0.25) is 4.79 Å². The monoisotopic (exact) mass is 1000 g/mol. The molecule has 0 bridgehead atoms. The van der Waals surface area contributed by atoms with Gasteiger partial charge in [-0.25, -0.2) is 9.59 Å². The first-order chi connectivity index (χ1) is 34.0. The van der Waals surface area contributed by atoms with Gasteiger partial charge in [-0.1, -0.05) is 27.7 Å². The maximum atomic E-state index is 14.7. The maximum Gasteiger partial charge on any atom is 0.407 e. The number of furan rings is 2. The fraction of sp³-hybridized carbons (Fsp3) is 0.784. The van der Waals surface area contributed by atoms with E-state index in [-0.39, 0.29) is 65.7 Å². The zero-order valence-corrected chi connectivity index (χ0v) is 40.9. The molecule has 22 atom stereocenters. The first-order valence-electron chi connectivity index (χ1n) is 25.7. The van der Waals surface area contributed by atoms with E-state index in [0.29, 0.717) is 55.0 Å². The lowest BCUT2D eigenvalue weighted by Gasteiger charge is -2.60. The van der Waals surface area contributed by atoms with Gasteiger partial charge < -0.3 is 82.9 Å². The van der Waals surface area contributed by atoms with E-state index in [1.807, 2.05) is 0 Å². The summed E-state index contributed by atoms with van der Waals surface area (Å²) >= 11 is 0. The van der Waals surface area contributed by atoms with Gasteiger partial charge in [-0.05, 0) is 110 Å². The lowest BCUT2D eigenvalue weighted by Crippen LogP contribution is -2.65. The number of alkyl carbamates (subject to hydrolysis) is 2. The minimum atomic E-state index is -1.92. The Morgan fingerprint density at radius 1 is 0.789 bits per heavy atom. The quantitative estimate of drug-likeness (QED) is 0.149. The standard InChI is InChI=1S/C51H72N2O18/c1-25-11-14-51(65-23-25)26(2)37-34(71-51)18-32-31-10-9-27-17-28(12-13-49(27,3)38(31)33(55)19-50(32,37)4)66-45-41(58)39(56)43(35(22-54)67-45)69-46-42(59)40(57)44(70-48(61)53-21-30-8-6-16-63-30)36(68-46)24-64-47(60)52-20-29-7-5-15-62-29/h5-8,15-16,25-28,31-32,34-46,54,56-59H,9-14,17-24H2,1-4H3,(H,52,60)(H,53,61)/t25-,26+,27+,28+,31+,32+,34?,35-,36-,37?,38-,39-,40-,41-,42-,43-,44-,45-,46+,49+,50+,51-/m1/s1. The number of carbonyl (C=O) groups excluding carboxylic acids is 3. The van der Waals surface area contributed by atoms with Crippen molar-refractivity contribution >= 4 is 18.0 Å². The van der Waals surface area contributed by atoms with Crippen LogP contribution in [-0.2, 0) is 55.8 Å². The normalized spacial score (nSPS) is 46.1. The third kappa shape index (κ3) is 9.46. The van der Waals surface area contributed by atoms with Crippen molar-refractivity contribution in [3.05, 3.63) is 48.3 Å². The fourth-order valence-electron chi connectivity index (χ4n) is 14.7. The Morgan fingerprint density at radius 2 is 1.46 bits per heavy atom. The largest absolute Gasteiger partial charge is 0.467 e. The Kier molecular flexibility index (Phi) is 14.5. The smallest absolute Gasteiger partial charge is 0.407 e. The van der Waals surface area contributed by atoms with Crippen LogP contribution in [0.25, 0.3) is 0 Å². The van der Waals surface area contributed by atoms with E-state index in [1.54, 1.807) is 24.3 Å². The van der Waals surface area contributed by atoms with Gasteiger partial charge in [0.05, 0.1) is 51.0 Å². The zero-order chi connectivity index (χ0) is 50.0. The number of amides is 2. The van der Waals surface area contributed by atoms with Gasteiger partial charge in [-0.15, -0.1) is 0 Å². The molecule has 4 saturated heterocycles. The topological polar surface area (TPSA) is 277 Å². The number of aliphatic hydroxyl groups is 5. The summed E-state index contributed by atoms with van der Waals surface area (Å²) in [5.41, 5.74) is -0.381. The van der Waals surface area contributed by atoms with Crippen LogP contribution >= 0.6 is 0 Å². The molecule has 2 aromatic rings. The molecule has 394 valence electrons. The van der Waals surface area contributed by atoms with E-state index in [1.165, 1.54) is 12.5 Å².